The van der Waals surface area contributed by atoms with Gasteiger partial charge < -0.3 is 15.7 Å². The van der Waals surface area contributed by atoms with Crippen LogP contribution in [0.4, 0.5) is 5.69 Å². The Morgan fingerprint density at radius 2 is 2.05 bits per heavy atom. The van der Waals surface area contributed by atoms with Gasteiger partial charge >= 0.3 is 5.97 Å². The number of hydrogen-bond acceptors (Lipinski definition) is 3. The fraction of sp³-hybridized carbons (Fsp3) is 0.400. The third kappa shape index (κ3) is 3.39. The van der Waals surface area contributed by atoms with Gasteiger partial charge in [-0.25, -0.2) is 4.79 Å². The van der Waals surface area contributed by atoms with E-state index in [0.717, 1.165) is 5.56 Å². The van der Waals surface area contributed by atoms with Crippen molar-refractivity contribution in [1.29, 1.82) is 0 Å². The predicted molar refractivity (Wildman–Crippen MR) is 77.2 cm³/mol. The number of anilines is 1. The largest absolute Gasteiger partial charge is 0.478 e. The summed E-state index contributed by atoms with van der Waals surface area (Å²) in [5.74, 6) is -1.72. The molecular formula is C15H18N2O4. The first-order chi connectivity index (χ1) is 9.88. The number of nitrogens with one attached hydrogen (secondary N) is 2. The summed E-state index contributed by atoms with van der Waals surface area (Å²) in [4.78, 5) is 34.7. The molecular weight excluding hydrogens is 272 g/mol. The highest BCUT2D eigenvalue weighted by Gasteiger charge is 2.26. The van der Waals surface area contributed by atoms with E-state index in [1.165, 1.54) is 6.07 Å². The molecule has 2 amide bonds. The van der Waals surface area contributed by atoms with E-state index in [1.807, 2.05) is 13.0 Å². The van der Waals surface area contributed by atoms with Gasteiger partial charge in [-0.15, -0.1) is 0 Å². The van der Waals surface area contributed by atoms with E-state index in [-0.39, 0.29) is 29.8 Å². The summed E-state index contributed by atoms with van der Waals surface area (Å²) in [5, 5.41) is 14.6. The minimum Gasteiger partial charge on any atom is -0.478 e. The van der Waals surface area contributed by atoms with Crippen LogP contribution in [0.5, 0.6) is 0 Å². The second-order valence-electron chi connectivity index (χ2n) is 5.34. The van der Waals surface area contributed by atoms with Crippen LogP contribution in [0.25, 0.3) is 0 Å². The van der Waals surface area contributed by atoms with Gasteiger partial charge in [0, 0.05) is 13.0 Å². The number of hydrogen-bond donors (Lipinski definition) is 3. The van der Waals surface area contributed by atoms with Crippen molar-refractivity contribution in [3.8, 4) is 0 Å². The molecule has 0 aliphatic carbocycles. The Morgan fingerprint density at radius 3 is 2.62 bits per heavy atom. The van der Waals surface area contributed by atoms with E-state index >= 15 is 0 Å². The number of aryl methyl sites for hydroxylation is 2. The maximum Gasteiger partial charge on any atom is 0.337 e. The number of carboxylic acids is 1. The van der Waals surface area contributed by atoms with Gasteiger partial charge in [0.15, 0.2) is 0 Å². The van der Waals surface area contributed by atoms with Crippen LogP contribution >= 0.6 is 0 Å². The Kier molecular flexibility index (Phi) is 4.26. The van der Waals surface area contributed by atoms with Crippen molar-refractivity contribution >= 4 is 23.5 Å². The monoisotopic (exact) mass is 290 g/mol. The molecule has 0 spiro atoms. The Hall–Kier alpha value is -2.37. The first-order valence-electron chi connectivity index (χ1n) is 6.80. The first kappa shape index (κ1) is 15.0. The third-order valence-corrected chi connectivity index (χ3v) is 3.59. The minimum atomic E-state index is -1.07. The van der Waals surface area contributed by atoms with Gasteiger partial charge in [0.05, 0.1) is 17.2 Å². The van der Waals surface area contributed by atoms with E-state index in [9.17, 15) is 19.5 Å². The van der Waals surface area contributed by atoms with Crippen LogP contribution in [0, 0.1) is 19.8 Å². The Bertz CT molecular complexity index is 600. The van der Waals surface area contributed by atoms with Gasteiger partial charge in [-0.2, -0.15) is 0 Å². The molecule has 6 nitrogen and oxygen atoms in total. The van der Waals surface area contributed by atoms with Crippen molar-refractivity contribution in [3.05, 3.63) is 28.8 Å². The van der Waals surface area contributed by atoms with E-state index in [1.54, 1.807) is 6.92 Å². The van der Waals surface area contributed by atoms with Crippen molar-refractivity contribution in [1.82, 2.24) is 5.32 Å². The summed E-state index contributed by atoms with van der Waals surface area (Å²) in [6.07, 6.45) is 0.793. The number of carbonyl (C=O) groups excluding carboxylic acids is 2. The number of carboxylic acid groups (broad SMARTS) is 1. The van der Waals surface area contributed by atoms with Gasteiger partial charge in [-0.3, -0.25) is 9.59 Å². The Labute approximate surface area is 122 Å². The topological polar surface area (TPSA) is 95.5 Å². The lowest BCUT2D eigenvalue weighted by Gasteiger charge is -2.22. The van der Waals surface area contributed by atoms with Gasteiger partial charge in [0.25, 0.3) is 0 Å². The van der Waals surface area contributed by atoms with Crippen LogP contribution in [-0.4, -0.2) is 29.4 Å². The maximum absolute atomic E-state index is 12.2. The zero-order chi connectivity index (χ0) is 15.6. The Morgan fingerprint density at radius 1 is 1.33 bits per heavy atom. The molecule has 0 bridgehead atoms. The molecule has 112 valence electrons. The highest BCUT2D eigenvalue weighted by atomic mass is 16.4. The molecule has 3 N–H and O–H groups in total. The van der Waals surface area contributed by atoms with Crippen LogP contribution in [-0.2, 0) is 9.59 Å². The summed E-state index contributed by atoms with van der Waals surface area (Å²) in [6, 6.07) is 3.36. The van der Waals surface area contributed by atoms with Crippen molar-refractivity contribution < 1.29 is 19.5 Å². The summed E-state index contributed by atoms with van der Waals surface area (Å²) in [5.41, 5.74) is 1.95. The lowest BCUT2D eigenvalue weighted by Crippen LogP contribution is -2.40. The van der Waals surface area contributed by atoms with Crippen LogP contribution in [0.3, 0.4) is 0 Å². The molecule has 0 saturated carbocycles. The predicted octanol–water partition coefficient (Wildman–Crippen LogP) is 1.47. The third-order valence-electron chi connectivity index (χ3n) is 3.59. The quantitative estimate of drug-likeness (QED) is 0.785. The van der Waals surface area contributed by atoms with Crippen molar-refractivity contribution in [2.75, 3.05) is 11.9 Å². The maximum atomic E-state index is 12.2. The lowest BCUT2D eigenvalue weighted by molar-refractivity contribution is -0.126. The van der Waals surface area contributed by atoms with E-state index < -0.39 is 5.97 Å². The van der Waals surface area contributed by atoms with E-state index in [2.05, 4.69) is 10.6 Å². The zero-order valence-electron chi connectivity index (χ0n) is 12.0. The summed E-state index contributed by atoms with van der Waals surface area (Å²) in [7, 11) is 0. The highest BCUT2D eigenvalue weighted by molar-refractivity contribution is 6.02. The molecule has 0 aromatic heterocycles. The Balaban J connectivity index is 2.21. The van der Waals surface area contributed by atoms with E-state index in [4.69, 9.17) is 0 Å². The molecule has 1 heterocycles. The van der Waals surface area contributed by atoms with E-state index in [0.29, 0.717) is 24.1 Å². The molecule has 1 atom stereocenters. The summed E-state index contributed by atoms with van der Waals surface area (Å²) < 4.78 is 0. The van der Waals surface area contributed by atoms with Gasteiger partial charge in [-0.1, -0.05) is 6.07 Å². The molecule has 1 aliphatic heterocycles. The number of aromatic carboxylic acids is 1. The van der Waals surface area contributed by atoms with Crippen molar-refractivity contribution in [3.63, 3.8) is 0 Å². The average Bonchev–Trinajstić information content (AvgIpc) is 2.41. The minimum absolute atomic E-state index is 0.0585. The lowest BCUT2D eigenvalue weighted by atomic mass is 9.97. The smallest absolute Gasteiger partial charge is 0.337 e. The number of amides is 2. The molecule has 2 rings (SSSR count). The number of piperidine rings is 1. The van der Waals surface area contributed by atoms with Crippen molar-refractivity contribution in [2.24, 2.45) is 5.92 Å². The summed E-state index contributed by atoms with van der Waals surface area (Å²) >= 11 is 0. The number of rotatable bonds is 3. The normalized spacial score (nSPS) is 18.0. The van der Waals surface area contributed by atoms with Gasteiger partial charge in [0.2, 0.25) is 11.8 Å². The van der Waals surface area contributed by atoms with Crippen LogP contribution in [0.15, 0.2) is 12.1 Å². The second kappa shape index (κ2) is 5.95. The first-order valence-corrected chi connectivity index (χ1v) is 6.80. The van der Waals surface area contributed by atoms with Crippen molar-refractivity contribution in [2.45, 2.75) is 26.7 Å². The molecule has 1 fully saturated rings. The zero-order valence-corrected chi connectivity index (χ0v) is 12.0. The molecule has 1 aliphatic rings. The molecule has 21 heavy (non-hydrogen) atoms. The average molecular weight is 290 g/mol. The fourth-order valence-electron chi connectivity index (χ4n) is 2.48. The fourth-order valence-corrected chi connectivity index (χ4v) is 2.48. The van der Waals surface area contributed by atoms with Crippen LogP contribution in [0.1, 0.15) is 34.3 Å². The molecule has 1 aromatic rings. The number of carbonyl (C=O) groups is 3. The molecule has 1 unspecified atom stereocenters. The standard InChI is InChI=1S/C15H18N2O4/c1-8-5-9(2)13(11(6-8)15(20)21)17-14(19)10-3-4-12(18)16-7-10/h5-6,10H,3-4,7H2,1-2H3,(H,16,18)(H,17,19)(H,20,21). The van der Waals surface area contributed by atoms with Crippen LogP contribution in [0.2, 0.25) is 0 Å². The molecule has 0 radical (unpaired) electrons. The van der Waals surface area contributed by atoms with Crippen LogP contribution < -0.4 is 10.6 Å². The summed E-state index contributed by atoms with van der Waals surface area (Å²) in [6.45, 7) is 3.86. The highest BCUT2D eigenvalue weighted by Crippen LogP contribution is 2.24. The molecule has 1 saturated heterocycles. The number of benzene rings is 1. The molecule has 1 aromatic carbocycles. The van der Waals surface area contributed by atoms with Gasteiger partial charge in [-0.05, 0) is 37.5 Å². The molecule has 6 heteroatoms. The van der Waals surface area contributed by atoms with Gasteiger partial charge in [0.1, 0.15) is 0 Å². The second-order valence-corrected chi connectivity index (χ2v) is 5.34. The SMILES string of the molecule is Cc1cc(C)c(NC(=O)C2CCC(=O)NC2)c(C(=O)O)c1.